The second-order valence-corrected chi connectivity index (χ2v) is 10.9. The standard InChI is InChI=1S/C27H30N6O4S/c1-27(2,16-34)23-14-24(31-37-23)30-25(35)28-18-7-5-17(6-8-18)20-15-33-21-10-9-19(36-12-11-32(3)4)13-22(21)38-26(33)29-20/h5-10,13-15,34H,11-12,16H2,1-4H3,(H2,28,30,31,35). The molecule has 2 amide bonds. The molecule has 11 heteroatoms. The van der Waals surface area contributed by atoms with Crippen molar-refractivity contribution in [2.75, 3.05) is 44.5 Å². The van der Waals surface area contributed by atoms with Crippen molar-refractivity contribution in [2.24, 2.45) is 0 Å². The van der Waals surface area contributed by atoms with E-state index in [1.54, 1.807) is 17.4 Å². The monoisotopic (exact) mass is 534 g/mol. The number of likely N-dealkylation sites (N-methyl/N-ethyl adjacent to an activating group) is 1. The minimum absolute atomic E-state index is 0.0989. The average molecular weight is 535 g/mol. The first-order valence-electron chi connectivity index (χ1n) is 12.2. The number of aliphatic hydroxyl groups excluding tert-OH is 1. The number of urea groups is 1. The number of fused-ring (bicyclic) bond motifs is 3. The third kappa shape index (κ3) is 5.49. The molecule has 5 aromatic rings. The molecule has 3 N–H and O–H groups in total. The third-order valence-corrected chi connectivity index (χ3v) is 7.14. The van der Waals surface area contributed by atoms with Crippen molar-refractivity contribution in [3.05, 3.63) is 60.5 Å². The number of hydrogen-bond acceptors (Lipinski definition) is 8. The second kappa shape index (κ2) is 10.4. The summed E-state index contributed by atoms with van der Waals surface area (Å²) < 4.78 is 14.3. The van der Waals surface area contributed by atoms with Crippen molar-refractivity contribution >= 4 is 44.1 Å². The molecule has 0 saturated carbocycles. The van der Waals surface area contributed by atoms with Gasteiger partial charge < -0.3 is 24.6 Å². The number of aliphatic hydroxyl groups is 1. The van der Waals surface area contributed by atoms with Gasteiger partial charge in [0.05, 0.1) is 22.5 Å². The summed E-state index contributed by atoms with van der Waals surface area (Å²) in [6, 6.07) is 14.7. The smallest absolute Gasteiger partial charge is 0.324 e. The molecule has 2 aromatic carbocycles. The van der Waals surface area contributed by atoms with Gasteiger partial charge >= 0.3 is 6.03 Å². The summed E-state index contributed by atoms with van der Waals surface area (Å²) in [7, 11) is 4.05. The van der Waals surface area contributed by atoms with E-state index < -0.39 is 11.4 Å². The van der Waals surface area contributed by atoms with Crippen LogP contribution in [0.5, 0.6) is 5.75 Å². The van der Waals surface area contributed by atoms with E-state index in [0.29, 0.717) is 18.1 Å². The number of benzene rings is 2. The fraction of sp³-hybridized carbons (Fsp3) is 0.296. The molecule has 0 saturated heterocycles. The Morgan fingerprint density at radius 1 is 1.16 bits per heavy atom. The van der Waals surface area contributed by atoms with E-state index in [0.717, 1.165) is 38.7 Å². The van der Waals surface area contributed by atoms with Crippen LogP contribution in [0.4, 0.5) is 16.3 Å². The number of carbonyl (C=O) groups is 1. The van der Waals surface area contributed by atoms with Gasteiger partial charge in [-0.3, -0.25) is 9.72 Å². The van der Waals surface area contributed by atoms with Crippen molar-refractivity contribution in [1.82, 2.24) is 19.4 Å². The molecule has 0 aliphatic carbocycles. The van der Waals surface area contributed by atoms with Crippen LogP contribution in [0.1, 0.15) is 19.6 Å². The molecule has 5 rings (SSSR count). The summed E-state index contributed by atoms with van der Waals surface area (Å²) in [5, 5.41) is 18.7. The number of thiazole rings is 1. The quantitative estimate of drug-likeness (QED) is 0.242. The van der Waals surface area contributed by atoms with E-state index in [1.165, 1.54) is 0 Å². The highest BCUT2D eigenvalue weighted by Crippen LogP contribution is 2.32. The molecule has 0 aliphatic heterocycles. The Hall–Kier alpha value is -3.93. The zero-order chi connectivity index (χ0) is 26.9. The summed E-state index contributed by atoms with van der Waals surface area (Å²) in [5.74, 6) is 1.61. The Labute approximate surface area is 223 Å². The molecule has 198 valence electrons. The fourth-order valence-electron chi connectivity index (χ4n) is 3.79. The highest BCUT2D eigenvalue weighted by atomic mass is 32.1. The molecule has 3 aromatic heterocycles. The lowest BCUT2D eigenvalue weighted by atomic mass is 9.92. The summed E-state index contributed by atoms with van der Waals surface area (Å²) in [6.45, 7) is 5.05. The first-order chi connectivity index (χ1) is 18.2. The zero-order valence-electron chi connectivity index (χ0n) is 21.7. The van der Waals surface area contributed by atoms with Gasteiger partial charge in [-0.05, 0) is 44.4 Å². The van der Waals surface area contributed by atoms with Crippen LogP contribution in [0.3, 0.4) is 0 Å². The van der Waals surface area contributed by atoms with E-state index in [2.05, 4.69) is 37.2 Å². The molecule has 0 spiro atoms. The van der Waals surface area contributed by atoms with Crippen molar-refractivity contribution in [1.29, 1.82) is 0 Å². The number of ether oxygens (including phenoxy) is 1. The van der Waals surface area contributed by atoms with Crippen molar-refractivity contribution in [2.45, 2.75) is 19.3 Å². The van der Waals surface area contributed by atoms with Gasteiger partial charge in [0.15, 0.2) is 10.8 Å². The number of carbonyl (C=O) groups excluding carboxylic acids is 1. The van der Waals surface area contributed by atoms with Gasteiger partial charge in [0.25, 0.3) is 0 Å². The number of rotatable bonds is 9. The maximum absolute atomic E-state index is 12.4. The predicted octanol–water partition coefficient (Wildman–Crippen LogP) is 5.06. The van der Waals surface area contributed by atoms with Crippen LogP contribution in [0.25, 0.3) is 26.4 Å². The fourth-order valence-corrected chi connectivity index (χ4v) is 4.83. The summed E-state index contributed by atoms with van der Waals surface area (Å²) in [5.41, 5.74) is 2.91. The summed E-state index contributed by atoms with van der Waals surface area (Å²) in [6.07, 6.45) is 2.02. The third-order valence-electron chi connectivity index (χ3n) is 6.13. The number of hydrogen-bond donors (Lipinski definition) is 3. The van der Waals surface area contributed by atoms with Crippen LogP contribution in [-0.2, 0) is 5.41 Å². The number of aromatic nitrogens is 3. The van der Waals surface area contributed by atoms with Crippen molar-refractivity contribution in [3.8, 4) is 17.0 Å². The zero-order valence-corrected chi connectivity index (χ0v) is 22.5. The lowest BCUT2D eigenvalue weighted by Gasteiger charge is -2.16. The first-order valence-corrected chi connectivity index (χ1v) is 13.0. The van der Waals surface area contributed by atoms with E-state index in [-0.39, 0.29) is 12.4 Å². The second-order valence-electron chi connectivity index (χ2n) is 9.94. The highest BCUT2D eigenvalue weighted by Gasteiger charge is 2.25. The molecule has 0 unspecified atom stereocenters. The molecule has 0 aliphatic rings. The van der Waals surface area contributed by atoms with E-state index in [9.17, 15) is 9.90 Å². The molecule has 0 fully saturated rings. The summed E-state index contributed by atoms with van der Waals surface area (Å²) in [4.78, 5) is 20.2. The molecular formula is C27H30N6O4S. The van der Waals surface area contributed by atoms with Gasteiger partial charge in [-0.2, -0.15) is 0 Å². The van der Waals surface area contributed by atoms with Gasteiger partial charge in [-0.25, -0.2) is 9.78 Å². The average Bonchev–Trinajstić information content (AvgIpc) is 3.59. The number of nitrogens with one attached hydrogen (secondary N) is 2. The lowest BCUT2D eigenvalue weighted by molar-refractivity contribution is 0.187. The SMILES string of the molecule is CN(C)CCOc1ccc2c(c1)sc1nc(-c3ccc(NC(=O)Nc4cc(C(C)(C)CO)on4)cc3)cn12. The molecule has 10 nitrogen and oxygen atoms in total. The number of amides is 2. The first kappa shape index (κ1) is 25.7. The Morgan fingerprint density at radius 3 is 2.68 bits per heavy atom. The predicted molar refractivity (Wildman–Crippen MR) is 149 cm³/mol. The Balaban J connectivity index is 1.24. The van der Waals surface area contributed by atoms with E-state index in [1.807, 2.05) is 64.5 Å². The van der Waals surface area contributed by atoms with Crippen molar-refractivity contribution in [3.63, 3.8) is 0 Å². The van der Waals surface area contributed by atoms with Gasteiger partial charge in [0, 0.05) is 35.5 Å². The van der Waals surface area contributed by atoms with E-state index >= 15 is 0 Å². The number of imidazole rings is 1. The number of anilines is 2. The maximum Gasteiger partial charge on any atom is 0.324 e. The molecule has 0 radical (unpaired) electrons. The topological polar surface area (TPSA) is 117 Å². The van der Waals surface area contributed by atoms with Crippen LogP contribution in [0.2, 0.25) is 0 Å². The van der Waals surface area contributed by atoms with E-state index in [4.69, 9.17) is 14.2 Å². The maximum atomic E-state index is 12.4. The van der Waals surface area contributed by atoms with Crippen LogP contribution in [-0.4, -0.2) is 64.4 Å². The molecule has 0 bridgehead atoms. The normalized spacial score (nSPS) is 11.9. The Morgan fingerprint density at radius 2 is 1.95 bits per heavy atom. The van der Waals surface area contributed by atoms with Crippen LogP contribution >= 0.6 is 11.3 Å². The minimum atomic E-state index is -0.587. The van der Waals surface area contributed by atoms with Crippen LogP contribution in [0, 0.1) is 0 Å². The highest BCUT2D eigenvalue weighted by molar-refractivity contribution is 7.23. The van der Waals surface area contributed by atoms with Crippen LogP contribution in [0.15, 0.2) is 59.3 Å². The Kier molecular flexibility index (Phi) is 7.06. The van der Waals surface area contributed by atoms with Crippen LogP contribution < -0.4 is 15.4 Å². The summed E-state index contributed by atoms with van der Waals surface area (Å²) >= 11 is 1.62. The molecule has 3 heterocycles. The largest absolute Gasteiger partial charge is 0.492 e. The molecule has 0 atom stereocenters. The van der Waals surface area contributed by atoms with Crippen molar-refractivity contribution < 1.29 is 19.2 Å². The molecular weight excluding hydrogens is 504 g/mol. The van der Waals surface area contributed by atoms with Gasteiger partial charge in [-0.1, -0.05) is 42.5 Å². The van der Waals surface area contributed by atoms with Gasteiger partial charge in [-0.15, -0.1) is 0 Å². The van der Waals surface area contributed by atoms with Gasteiger partial charge in [0.2, 0.25) is 0 Å². The van der Waals surface area contributed by atoms with Gasteiger partial charge in [0.1, 0.15) is 18.1 Å². The molecule has 38 heavy (non-hydrogen) atoms. The Bertz CT molecular complexity index is 1570. The number of nitrogens with zero attached hydrogens (tertiary/aromatic N) is 4. The lowest BCUT2D eigenvalue weighted by Crippen LogP contribution is -2.21. The minimum Gasteiger partial charge on any atom is -0.492 e.